The Morgan fingerprint density at radius 2 is 2.26 bits per heavy atom. The first-order valence-corrected chi connectivity index (χ1v) is 6.73. The van der Waals surface area contributed by atoms with Gasteiger partial charge in [-0.1, -0.05) is 11.6 Å². The smallest absolute Gasteiger partial charge is 0.260 e. The Morgan fingerprint density at radius 3 is 2.84 bits per heavy atom. The number of ether oxygens (including phenoxy) is 1. The molecule has 19 heavy (non-hydrogen) atoms. The van der Waals surface area contributed by atoms with Crippen LogP contribution >= 0.6 is 11.6 Å². The fourth-order valence-electron chi connectivity index (χ4n) is 1.88. The van der Waals surface area contributed by atoms with Crippen LogP contribution in [-0.4, -0.2) is 35.6 Å². The number of aliphatic hydroxyl groups is 1. The molecule has 5 heteroatoms. The minimum absolute atomic E-state index is 0.0195. The number of carbonyl (C=O) groups is 1. The fourth-order valence-corrected chi connectivity index (χ4v) is 2.06. The van der Waals surface area contributed by atoms with Crippen molar-refractivity contribution < 1.29 is 14.6 Å². The number of rotatable bonds is 5. The minimum atomic E-state index is -0.690. The molecule has 2 rings (SSSR count). The van der Waals surface area contributed by atoms with E-state index >= 15 is 0 Å². The Balaban J connectivity index is 2.00. The van der Waals surface area contributed by atoms with Crippen molar-refractivity contribution in [2.75, 3.05) is 13.7 Å². The molecule has 0 bridgehead atoms. The second-order valence-electron chi connectivity index (χ2n) is 4.88. The van der Waals surface area contributed by atoms with Crippen LogP contribution in [0, 0.1) is 0 Å². The van der Waals surface area contributed by atoms with Crippen molar-refractivity contribution in [3.63, 3.8) is 0 Å². The third kappa shape index (κ3) is 3.61. The quantitative estimate of drug-likeness (QED) is 0.903. The molecular weight excluding hydrogens is 266 g/mol. The number of nitrogens with zero attached hydrogens (tertiary/aromatic N) is 1. The largest absolute Gasteiger partial charge is 0.483 e. The maximum atomic E-state index is 11.9. The maximum absolute atomic E-state index is 11.9. The van der Waals surface area contributed by atoms with Gasteiger partial charge in [-0.25, -0.2) is 0 Å². The number of carbonyl (C=O) groups excluding carboxylic acids is 1. The van der Waals surface area contributed by atoms with Gasteiger partial charge in [-0.15, -0.1) is 0 Å². The summed E-state index contributed by atoms with van der Waals surface area (Å²) in [5.41, 5.74) is 0.592. The molecule has 0 aromatic heterocycles. The topological polar surface area (TPSA) is 49.8 Å². The number of likely N-dealkylation sites (N-methyl/N-ethyl adjacent to an activating group) is 1. The molecule has 1 aliphatic carbocycles. The van der Waals surface area contributed by atoms with E-state index < -0.39 is 6.10 Å². The van der Waals surface area contributed by atoms with E-state index in [1.54, 1.807) is 37.1 Å². The Kier molecular flexibility index (Phi) is 4.32. The van der Waals surface area contributed by atoms with Crippen molar-refractivity contribution in [2.24, 2.45) is 0 Å². The van der Waals surface area contributed by atoms with Gasteiger partial charge in [0.15, 0.2) is 6.61 Å². The van der Waals surface area contributed by atoms with Crippen molar-refractivity contribution in [1.82, 2.24) is 4.90 Å². The molecule has 0 heterocycles. The molecule has 104 valence electrons. The summed E-state index contributed by atoms with van der Waals surface area (Å²) < 4.78 is 5.50. The molecule has 1 aromatic rings. The van der Waals surface area contributed by atoms with Gasteiger partial charge in [-0.3, -0.25) is 4.79 Å². The summed E-state index contributed by atoms with van der Waals surface area (Å²) in [5, 5.41) is 10.2. The van der Waals surface area contributed by atoms with Gasteiger partial charge in [-0.2, -0.15) is 0 Å². The van der Waals surface area contributed by atoms with Crippen LogP contribution in [0.2, 0.25) is 5.02 Å². The van der Waals surface area contributed by atoms with Gasteiger partial charge in [0.05, 0.1) is 6.10 Å². The summed E-state index contributed by atoms with van der Waals surface area (Å²) in [6.07, 6.45) is 1.45. The first kappa shape index (κ1) is 14.2. The van der Waals surface area contributed by atoms with Crippen LogP contribution in [0.4, 0.5) is 0 Å². The highest BCUT2D eigenvalue weighted by atomic mass is 35.5. The van der Waals surface area contributed by atoms with Crippen LogP contribution in [-0.2, 0) is 4.79 Å². The number of halogens is 1. The molecule has 0 radical (unpaired) electrons. The highest BCUT2D eigenvalue weighted by Crippen LogP contribution is 2.29. The van der Waals surface area contributed by atoms with Crippen molar-refractivity contribution in [2.45, 2.75) is 31.9 Å². The fraction of sp³-hybridized carbons (Fsp3) is 0.500. The van der Waals surface area contributed by atoms with Crippen molar-refractivity contribution >= 4 is 17.5 Å². The standard InChI is InChI=1S/C14H18ClNO3/c1-9(17)12-7-10(15)3-6-13(12)19-8-14(18)16(2)11-4-5-11/h3,6-7,9,11,17H,4-5,8H2,1-2H3/t9-/m0/s1. The predicted molar refractivity (Wildman–Crippen MR) is 73.4 cm³/mol. The van der Waals surface area contributed by atoms with Crippen molar-refractivity contribution in [3.8, 4) is 5.75 Å². The lowest BCUT2D eigenvalue weighted by Gasteiger charge is -2.18. The van der Waals surface area contributed by atoms with Gasteiger partial charge >= 0.3 is 0 Å². The second kappa shape index (κ2) is 5.80. The summed E-state index contributed by atoms with van der Waals surface area (Å²) in [7, 11) is 1.79. The van der Waals surface area contributed by atoms with Gasteiger partial charge in [0.1, 0.15) is 5.75 Å². The molecule has 0 unspecified atom stereocenters. The van der Waals surface area contributed by atoms with Crippen LogP contribution in [0.15, 0.2) is 18.2 Å². The molecule has 4 nitrogen and oxygen atoms in total. The molecule has 1 aromatic carbocycles. The van der Waals surface area contributed by atoms with E-state index in [0.29, 0.717) is 22.4 Å². The van der Waals surface area contributed by atoms with Crippen molar-refractivity contribution in [1.29, 1.82) is 0 Å². The molecule has 1 atom stereocenters. The number of hydrogen-bond donors (Lipinski definition) is 1. The highest BCUT2D eigenvalue weighted by molar-refractivity contribution is 6.30. The summed E-state index contributed by atoms with van der Waals surface area (Å²) in [6.45, 7) is 1.62. The summed E-state index contributed by atoms with van der Waals surface area (Å²) in [5.74, 6) is 0.450. The van der Waals surface area contributed by atoms with Crippen molar-refractivity contribution in [3.05, 3.63) is 28.8 Å². The monoisotopic (exact) mass is 283 g/mol. The summed E-state index contributed by atoms with van der Waals surface area (Å²) >= 11 is 5.88. The minimum Gasteiger partial charge on any atom is -0.483 e. The van der Waals surface area contributed by atoms with E-state index in [9.17, 15) is 9.90 Å². The molecular formula is C14H18ClNO3. The molecule has 1 aliphatic rings. The van der Waals surface area contributed by atoms with Crippen LogP contribution in [0.3, 0.4) is 0 Å². The Bertz CT molecular complexity index is 472. The number of amides is 1. The van der Waals surface area contributed by atoms with Gasteiger partial charge in [0.2, 0.25) is 0 Å². The van der Waals surface area contributed by atoms with Gasteiger partial charge in [0, 0.05) is 23.7 Å². The second-order valence-corrected chi connectivity index (χ2v) is 5.32. The molecule has 1 saturated carbocycles. The van der Waals surface area contributed by atoms with Crippen LogP contribution in [0.1, 0.15) is 31.4 Å². The zero-order chi connectivity index (χ0) is 14.0. The van der Waals surface area contributed by atoms with Gasteiger partial charge in [0.25, 0.3) is 5.91 Å². The zero-order valence-corrected chi connectivity index (χ0v) is 11.9. The highest BCUT2D eigenvalue weighted by Gasteiger charge is 2.29. The SMILES string of the molecule is C[C@H](O)c1cc(Cl)ccc1OCC(=O)N(C)C1CC1. The van der Waals surface area contributed by atoms with Gasteiger partial charge in [-0.05, 0) is 38.0 Å². The average Bonchev–Trinajstić information content (AvgIpc) is 3.20. The predicted octanol–water partition coefficient (Wildman–Crippen LogP) is 2.39. The van der Waals surface area contributed by atoms with Crippen LogP contribution < -0.4 is 4.74 Å². The Labute approximate surface area is 117 Å². The molecule has 1 N–H and O–H groups in total. The molecule has 0 spiro atoms. The molecule has 1 amide bonds. The first-order chi connectivity index (χ1) is 8.99. The Hall–Kier alpha value is -1.26. The van der Waals surface area contributed by atoms with E-state index in [1.807, 2.05) is 0 Å². The van der Waals surface area contributed by atoms with E-state index in [4.69, 9.17) is 16.3 Å². The molecule has 1 fully saturated rings. The first-order valence-electron chi connectivity index (χ1n) is 6.35. The number of hydrogen-bond acceptors (Lipinski definition) is 3. The van der Waals surface area contributed by atoms with E-state index in [1.165, 1.54) is 0 Å². The zero-order valence-electron chi connectivity index (χ0n) is 11.1. The number of benzene rings is 1. The molecule has 0 aliphatic heterocycles. The third-order valence-corrected chi connectivity index (χ3v) is 3.50. The Morgan fingerprint density at radius 1 is 1.58 bits per heavy atom. The maximum Gasteiger partial charge on any atom is 0.260 e. The summed E-state index contributed by atoms with van der Waals surface area (Å²) in [4.78, 5) is 13.6. The van der Waals surface area contributed by atoms with E-state index in [0.717, 1.165) is 12.8 Å². The van der Waals surface area contributed by atoms with E-state index in [-0.39, 0.29) is 12.5 Å². The summed E-state index contributed by atoms with van der Waals surface area (Å²) in [6, 6.07) is 5.38. The third-order valence-electron chi connectivity index (χ3n) is 3.26. The molecule has 0 saturated heterocycles. The lowest BCUT2D eigenvalue weighted by molar-refractivity contribution is -0.132. The average molecular weight is 284 g/mol. The lowest BCUT2D eigenvalue weighted by atomic mass is 10.1. The van der Waals surface area contributed by atoms with Crippen LogP contribution in [0.25, 0.3) is 0 Å². The van der Waals surface area contributed by atoms with Gasteiger partial charge < -0.3 is 14.7 Å². The lowest BCUT2D eigenvalue weighted by Crippen LogP contribution is -2.33. The van der Waals surface area contributed by atoms with Crippen LogP contribution in [0.5, 0.6) is 5.75 Å². The van der Waals surface area contributed by atoms with E-state index in [2.05, 4.69) is 0 Å². The normalized spacial score (nSPS) is 16.0. The number of aliphatic hydroxyl groups excluding tert-OH is 1.